The summed E-state index contributed by atoms with van der Waals surface area (Å²) in [6.45, 7) is 15.4. The van der Waals surface area contributed by atoms with Crippen LogP contribution in [0.3, 0.4) is 0 Å². The van der Waals surface area contributed by atoms with Gasteiger partial charge >= 0.3 is 5.97 Å². The summed E-state index contributed by atoms with van der Waals surface area (Å²) in [7, 11) is 0. The molecule has 3 rings (SSSR count). The van der Waals surface area contributed by atoms with E-state index in [-0.39, 0.29) is 53.2 Å². The molecule has 2 aliphatic rings. The summed E-state index contributed by atoms with van der Waals surface area (Å²) in [6.07, 6.45) is 3.34. The quantitative estimate of drug-likeness (QED) is 0.225. The van der Waals surface area contributed by atoms with Crippen molar-refractivity contribution >= 4 is 11.8 Å². The molecule has 8 heteroatoms. The molecule has 8 nitrogen and oxygen atoms in total. The van der Waals surface area contributed by atoms with E-state index in [1.165, 1.54) is 0 Å². The summed E-state index contributed by atoms with van der Waals surface area (Å²) >= 11 is 0. The SMILES string of the molecule is CC[C@@H](C(=O)[C@@H](C)[C@@H](O)[C@H](C)CCc1ccc(C)c(O)c1C(=O)O)[C@@H]1O[C@](CC)([C@@H]2CC[C@](O)(CC)[C@H](C)O2)C[C@@H]1C. The fourth-order valence-electron chi connectivity index (χ4n) is 7.45. The zero-order chi connectivity index (χ0) is 31.6. The van der Waals surface area contributed by atoms with Crippen LogP contribution in [-0.4, -0.2) is 67.8 Å². The molecule has 0 spiro atoms. The highest BCUT2D eigenvalue weighted by atomic mass is 16.6. The number of aromatic hydroxyl groups is 1. The van der Waals surface area contributed by atoms with Crippen molar-refractivity contribution in [2.75, 3.05) is 0 Å². The van der Waals surface area contributed by atoms with E-state index >= 15 is 0 Å². The van der Waals surface area contributed by atoms with Gasteiger partial charge in [0.1, 0.15) is 17.1 Å². The van der Waals surface area contributed by atoms with Crippen LogP contribution in [0.15, 0.2) is 12.1 Å². The first kappa shape index (κ1) is 34.5. The second-order valence-electron chi connectivity index (χ2n) is 13.2. The molecule has 0 aliphatic carbocycles. The number of carboxylic acids is 1. The molecule has 42 heavy (non-hydrogen) atoms. The van der Waals surface area contributed by atoms with Crippen molar-refractivity contribution in [3.05, 3.63) is 28.8 Å². The number of carbonyl (C=O) groups is 2. The molecule has 1 aromatic carbocycles. The Morgan fingerprint density at radius 3 is 2.33 bits per heavy atom. The molecule has 1 aromatic rings. The molecule has 0 aromatic heterocycles. The van der Waals surface area contributed by atoms with Crippen LogP contribution < -0.4 is 0 Å². The lowest BCUT2D eigenvalue weighted by atomic mass is 9.76. The van der Waals surface area contributed by atoms with E-state index in [1.807, 2.05) is 27.7 Å². The third-order valence-electron chi connectivity index (χ3n) is 10.7. The highest BCUT2D eigenvalue weighted by molar-refractivity contribution is 5.93. The van der Waals surface area contributed by atoms with Crippen molar-refractivity contribution in [3.63, 3.8) is 0 Å². The maximum absolute atomic E-state index is 13.9. The van der Waals surface area contributed by atoms with E-state index in [1.54, 1.807) is 26.0 Å². The lowest BCUT2D eigenvalue weighted by molar-refractivity contribution is -0.229. The lowest BCUT2D eigenvalue weighted by Crippen LogP contribution is -2.55. The lowest BCUT2D eigenvalue weighted by Gasteiger charge is -2.47. The van der Waals surface area contributed by atoms with Gasteiger partial charge in [0.05, 0.1) is 35.6 Å². The van der Waals surface area contributed by atoms with Crippen LogP contribution in [0.5, 0.6) is 5.75 Å². The molecular formula is C34H54O8. The zero-order valence-corrected chi connectivity index (χ0v) is 26.9. The smallest absolute Gasteiger partial charge is 0.339 e. The van der Waals surface area contributed by atoms with Crippen molar-refractivity contribution in [3.8, 4) is 5.75 Å². The molecule has 2 fully saturated rings. The Labute approximate surface area is 251 Å². The molecule has 0 saturated carbocycles. The van der Waals surface area contributed by atoms with E-state index in [9.17, 15) is 30.0 Å². The minimum Gasteiger partial charge on any atom is -0.507 e. The maximum atomic E-state index is 13.9. The third kappa shape index (κ3) is 6.72. The first-order chi connectivity index (χ1) is 19.7. The summed E-state index contributed by atoms with van der Waals surface area (Å²) in [5.41, 5.74) is -0.437. The van der Waals surface area contributed by atoms with Gasteiger partial charge in [0.25, 0.3) is 0 Å². The summed E-state index contributed by atoms with van der Waals surface area (Å²) in [6, 6.07) is 3.40. The first-order valence-corrected chi connectivity index (χ1v) is 16.0. The average molecular weight is 591 g/mol. The first-order valence-electron chi connectivity index (χ1n) is 16.0. The van der Waals surface area contributed by atoms with Crippen molar-refractivity contribution in [1.82, 2.24) is 0 Å². The van der Waals surface area contributed by atoms with Gasteiger partial charge in [-0.1, -0.05) is 53.7 Å². The fourth-order valence-corrected chi connectivity index (χ4v) is 7.45. The van der Waals surface area contributed by atoms with Gasteiger partial charge in [-0.15, -0.1) is 0 Å². The van der Waals surface area contributed by atoms with Crippen LogP contribution in [0.4, 0.5) is 0 Å². The van der Waals surface area contributed by atoms with Crippen molar-refractivity contribution in [2.24, 2.45) is 23.7 Å². The van der Waals surface area contributed by atoms with Gasteiger partial charge in [-0.3, -0.25) is 4.79 Å². The van der Waals surface area contributed by atoms with Crippen LogP contribution in [0.1, 0.15) is 115 Å². The third-order valence-corrected chi connectivity index (χ3v) is 10.7. The Balaban J connectivity index is 1.69. The summed E-state index contributed by atoms with van der Waals surface area (Å²) in [4.78, 5) is 25.7. The van der Waals surface area contributed by atoms with Gasteiger partial charge in [0.15, 0.2) is 0 Å². The molecule has 0 radical (unpaired) electrons. The van der Waals surface area contributed by atoms with Crippen LogP contribution in [0.2, 0.25) is 0 Å². The molecule has 4 N–H and O–H groups in total. The van der Waals surface area contributed by atoms with Crippen LogP contribution >= 0.6 is 0 Å². The zero-order valence-electron chi connectivity index (χ0n) is 26.9. The van der Waals surface area contributed by atoms with Crippen LogP contribution in [0.25, 0.3) is 0 Å². The number of Topliss-reactive ketones (excluding diaryl/α,β-unsaturated/α-hetero) is 1. The Bertz CT molecular complexity index is 1100. The van der Waals surface area contributed by atoms with Crippen molar-refractivity contribution in [1.29, 1.82) is 0 Å². The Morgan fingerprint density at radius 2 is 1.79 bits per heavy atom. The number of hydrogen-bond donors (Lipinski definition) is 4. The number of aromatic carboxylic acids is 1. The molecule has 2 heterocycles. The highest BCUT2D eigenvalue weighted by Crippen LogP contribution is 2.48. The highest BCUT2D eigenvalue weighted by Gasteiger charge is 2.55. The number of aryl methyl sites for hydroxylation is 2. The number of rotatable bonds is 13. The van der Waals surface area contributed by atoms with Crippen LogP contribution in [0, 0.1) is 30.6 Å². The van der Waals surface area contributed by atoms with Gasteiger partial charge in [-0.05, 0) is 88.2 Å². The minimum absolute atomic E-state index is 0.0157. The molecule has 0 unspecified atom stereocenters. The van der Waals surface area contributed by atoms with Gasteiger partial charge in [0, 0.05) is 11.8 Å². The monoisotopic (exact) mass is 590 g/mol. The second-order valence-corrected chi connectivity index (χ2v) is 13.2. The van der Waals surface area contributed by atoms with E-state index in [2.05, 4.69) is 13.8 Å². The predicted molar refractivity (Wildman–Crippen MR) is 162 cm³/mol. The number of phenols is 1. The summed E-state index contributed by atoms with van der Waals surface area (Å²) in [5.74, 6) is -2.55. The van der Waals surface area contributed by atoms with Gasteiger partial charge in [0.2, 0.25) is 0 Å². The summed E-state index contributed by atoms with van der Waals surface area (Å²) < 4.78 is 13.2. The standard InChI is InChI=1S/C34H54O8/c1-9-25(31-21(6)18-34(11-3,42-31)26-16-17-33(40,10-2)23(8)41-26)30(37)22(7)28(35)19(4)12-14-24-15-13-20(5)29(36)27(24)32(38)39/h13,15,19,21-23,25-26,28,31,35-36,40H,9-12,14,16-18H2,1-8H3,(H,38,39)/t19-,21+,22+,23+,25+,26+,28+,31-,33-,34+/m1/s1. The number of carboxylic acid groups (broad SMARTS) is 1. The van der Waals surface area contributed by atoms with E-state index < -0.39 is 29.2 Å². The molecule has 2 aliphatic heterocycles. The van der Waals surface area contributed by atoms with Crippen molar-refractivity contribution in [2.45, 2.75) is 142 Å². The number of hydrogen-bond acceptors (Lipinski definition) is 7. The Hall–Kier alpha value is -2.00. The topological polar surface area (TPSA) is 134 Å². The maximum Gasteiger partial charge on any atom is 0.339 e. The fraction of sp³-hybridized carbons (Fsp3) is 0.765. The largest absolute Gasteiger partial charge is 0.507 e. The summed E-state index contributed by atoms with van der Waals surface area (Å²) in [5, 5.41) is 42.1. The molecule has 0 amide bonds. The molecule has 0 bridgehead atoms. The Kier molecular flexibility index (Phi) is 11.3. The Morgan fingerprint density at radius 1 is 1.12 bits per heavy atom. The van der Waals surface area contributed by atoms with Crippen molar-refractivity contribution < 1.29 is 39.5 Å². The minimum atomic E-state index is -1.18. The number of ether oxygens (including phenoxy) is 2. The number of carbonyl (C=O) groups excluding carboxylic acids is 1. The normalized spacial score (nSPS) is 32.7. The van der Waals surface area contributed by atoms with Gasteiger partial charge in [-0.25, -0.2) is 4.79 Å². The number of aliphatic hydroxyl groups is 2. The van der Waals surface area contributed by atoms with Gasteiger partial charge in [-0.2, -0.15) is 0 Å². The van der Waals surface area contributed by atoms with Gasteiger partial charge < -0.3 is 29.9 Å². The number of aliphatic hydroxyl groups excluding tert-OH is 1. The van der Waals surface area contributed by atoms with E-state index in [4.69, 9.17) is 9.47 Å². The van der Waals surface area contributed by atoms with Crippen LogP contribution in [-0.2, 0) is 20.7 Å². The molecule has 2 saturated heterocycles. The van der Waals surface area contributed by atoms with E-state index in [0.717, 1.165) is 12.8 Å². The van der Waals surface area contributed by atoms with E-state index in [0.29, 0.717) is 49.7 Å². The molecule has 10 atom stereocenters. The average Bonchev–Trinajstić information content (AvgIpc) is 3.31. The number of benzene rings is 1. The molecular weight excluding hydrogens is 536 g/mol. The number of ketones is 1. The molecule has 238 valence electrons. The predicted octanol–water partition coefficient (Wildman–Crippen LogP) is 5.84. The second kappa shape index (κ2) is 13.7.